The Morgan fingerprint density at radius 3 is 2.38 bits per heavy atom. The number of nitrogens with zero attached hydrogens (tertiary/aromatic N) is 3. The zero-order chi connectivity index (χ0) is 16.5. The van der Waals surface area contributed by atoms with Crippen molar-refractivity contribution in [3.8, 4) is 0 Å². The van der Waals surface area contributed by atoms with E-state index >= 15 is 0 Å². The van der Waals surface area contributed by atoms with Gasteiger partial charge in [-0.3, -0.25) is 9.36 Å². The van der Waals surface area contributed by atoms with Crippen molar-refractivity contribution in [3.63, 3.8) is 0 Å². The highest BCUT2D eigenvalue weighted by Crippen LogP contribution is 2.61. The second-order valence-corrected chi connectivity index (χ2v) is 8.91. The molecule has 24 heavy (non-hydrogen) atoms. The van der Waals surface area contributed by atoms with E-state index < -0.39 is 0 Å². The van der Waals surface area contributed by atoms with Crippen molar-refractivity contribution in [1.82, 2.24) is 9.55 Å². The van der Waals surface area contributed by atoms with E-state index in [0.29, 0.717) is 18.8 Å². The van der Waals surface area contributed by atoms with Gasteiger partial charge in [-0.05, 0) is 74.3 Å². The largest absolute Gasteiger partial charge is 0.283 e. The van der Waals surface area contributed by atoms with Crippen LogP contribution in [0.1, 0.15) is 57.4 Å². The van der Waals surface area contributed by atoms with Crippen LogP contribution in [0.15, 0.2) is 9.79 Å². The minimum absolute atomic E-state index is 0.0235. The summed E-state index contributed by atoms with van der Waals surface area (Å²) in [5.41, 5.74) is 2.30. The molecular formula is C19H24ClN3O. The van der Waals surface area contributed by atoms with Gasteiger partial charge in [0.05, 0.1) is 5.56 Å². The molecule has 1 aromatic heterocycles. The lowest BCUT2D eigenvalue weighted by atomic mass is 9.48. The van der Waals surface area contributed by atoms with Crippen molar-refractivity contribution in [2.24, 2.45) is 28.2 Å². The van der Waals surface area contributed by atoms with E-state index in [1.54, 1.807) is 4.57 Å². The first kappa shape index (κ1) is 15.1. The van der Waals surface area contributed by atoms with Crippen LogP contribution in [-0.2, 0) is 13.0 Å². The molecule has 1 aliphatic heterocycles. The summed E-state index contributed by atoms with van der Waals surface area (Å²) >= 11 is 6.24. The van der Waals surface area contributed by atoms with E-state index in [0.717, 1.165) is 29.7 Å². The number of aliphatic imine (C=N–C) groups is 1. The highest BCUT2D eigenvalue weighted by molar-refractivity contribution is 6.28. The molecule has 0 atom stereocenters. The van der Waals surface area contributed by atoms with E-state index in [1.165, 1.54) is 44.2 Å². The molecule has 0 aromatic carbocycles. The SMILES string of the molecule is CCCn1c(Cl)nc2c(c1=O)CC(C13CC4CC(CC(C4)C1)C3)=N2. The van der Waals surface area contributed by atoms with Gasteiger partial charge in [0.2, 0.25) is 5.28 Å². The van der Waals surface area contributed by atoms with E-state index in [2.05, 4.69) is 4.98 Å². The smallest absolute Gasteiger partial charge is 0.260 e. The third-order valence-electron chi connectivity index (χ3n) is 6.88. The summed E-state index contributed by atoms with van der Waals surface area (Å²) in [6, 6.07) is 0. The predicted octanol–water partition coefficient (Wildman–Crippen LogP) is 4.15. The topological polar surface area (TPSA) is 47.2 Å². The fraction of sp³-hybridized carbons (Fsp3) is 0.737. The van der Waals surface area contributed by atoms with Gasteiger partial charge in [-0.15, -0.1) is 0 Å². The molecule has 128 valence electrons. The van der Waals surface area contributed by atoms with Crippen LogP contribution in [0.25, 0.3) is 0 Å². The molecule has 4 bridgehead atoms. The Kier molecular flexibility index (Phi) is 3.26. The van der Waals surface area contributed by atoms with Crippen molar-refractivity contribution in [1.29, 1.82) is 0 Å². The van der Waals surface area contributed by atoms with Gasteiger partial charge >= 0.3 is 0 Å². The Hall–Kier alpha value is -1.16. The molecule has 4 aliphatic carbocycles. The van der Waals surface area contributed by atoms with Gasteiger partial charge in [0.25, 0.3) is 5.56 Å². The third-order valence-corrected chi connectivity index (χ3v) is 7.17. The van der Waals surface area contributed by atoms with Crippen molar-refractivity contribution in [2.75, 3.05) is 0 Å². The molecule has 0 radical (unpaired) electrons. The normalized spacial score (nSPS) is 36.1. The lowest BCUT2D eigenvalue weighted by Crippen LogP contribution is -2.50. The number of aromatic nitrogens is 2. The second-order valence-electron chi connectivity index (χ2n) is 8.57. The van der Waals surface area contributed by atoms with Gasteiger partial charge in [0.15, 0.2) is 5.82 Å². The summed E-state index contributed by atoms with van der Waals surface area (Å²) in [5.74, 6) is 3.26. The van der Waals surface area contributed by atoms with Gasteiger partial charge < -0.3 is 0 Å². The highest BCUT2D eigenvalue weighted by Gasteiger charge is 2.54. The lowest BCUT2D eigenvalue weighted by molar-refractivity contribution is -0.0129. The van der Waals surface area contributed by atoms with E-state index in [1.807, 2.05) is 6.92 Å². The molecule has 4 saturated carbocycles. The summed E-state index contributed by atoms with van der Waals surface area (Å²) in [4.78, 5) is 22.1. The average Bonchev–Trinajstić information content (AvgIpc) is 2.95. The molecule has 4 fully saturated rings. The van der Waals surface area contributed by atoms with E-state index in [9.17, 15) is 4.79 Å². The zero-order valence-corrected chi connectivity index (χ0v) is 15.0. The van der Waals surface area contributed by atoms with Crippen LogP contribution < -0.4 is 5.56 Å². The molecule has 1 aromatic rings. The Balaban J connectivity index is 1.53. The maximum absolute atomic E-state index is 12.8. The summed E-state index contributed by atoms with van der Waals surface area (Å²) in [6.07, 6.45) is 9.69. The monoisotopic (exact) mass is 345 g/mol. The number of hydrogen-bond acceptors (Lipinski definition) is 3. The van der Waals surface area contributed by atoms with Crippen LogP contribution in [0, 0.1) is 23.2 Å². The van der Waals surface area contributed by atoms with Crippen LogP contribution in [0.4, 0.5) is 5.82 Å². The summed E-state index contributed by atoms with van der Waals surface area (Å²) < 4.78 is 1.61. The van der Waals surface area contributed by atoms with Crippen LogP contribution >= 0.6 is 11.6 Å². The fourth-order valence-electron chi connectivity index (χ4n) is 6.33. The minimum Gasteiger partial charge on any atom is -0.283 e. The number of hydrogen-bond donors (Lipinski definition) is 0. The Morgan fingerprint density at radius 2 is 1.79 bits per heavy atom. The van der Waals surface area contributed by atoms with Crippen molar-refractivity contribution in [2.45, 2.75) is 64.8 Å². The molecule has 5 aliphatic rings. The molecule has 4 nitrogen and oxygen atoms in total. The fourth-order valence-corrected chi connectivity index (χ4v) is 6.57. The number of rotatable bonds is 3. The van der Waals surface area contributed by atoms with Crippen LogP contribution in [0.2, 0.25) is 5.28 Å². The van der Waals surface area contributed by atoms with Crippen molar-refractivity contribution < 1.29 is 0 Å². The summed E-state index contributed by atoms with van der Waals surface area (Å²) in [7, 11) is 0. The van der Waals surface area contributed by atoms with E-state index in [-0.39, 0.29) is 16.3 Å². The Bertz CT molecular complexity index is 759. The highest BCUT2D eigenvalue weighted by atomic mass is 35.5. The van der Waals surface area contributed by atoms with Crippen LogP contribution in [-0.4, -0.2) is 15.3 Å². The molecule has 6 rings (SSSR count). The first-order valence-corrected chi connectivity index (χ1v) is 9.83. The molecule has 0 N–H and O–H groups in total. The maximum atomic E-state index is 12.8. The molecule has 0 spiro atoms. The molecular weight excluding hydrogens is 322 g/mol. The zero-order valence-electron chi connectivity index (χ0n) is 14.2. The third kappa shape index (κ3) is 2.08. The van der Waals surface area contributed by atoms with Crippen molar-refractivity contribution in [3.05, 3.63) is 21.2 Å². The maximum Gasteiger partial charge on any atom is 0.260 e. The van der Waals surface area contributed by atoms with E-state index in [4.69, 9.17) is 16.6 Å². The van der Waals surface area contributed by atoms with Crippen LogP contribution in [0.3, 0.4) is 0 Å². The minimum atomic E-state index is 0.0235. The number of fused-ring (bicyclic) bond motifs is 1. The second kappa shape index (κ2) is 5.17. The van der Waals surface area contributed by atoms with Gasteiger partial charge in [0, 0.05) is 24.1 Å². The van der Waals surface area contributed by atoms with Gasteiger partial charge in [0.1, 0.15) is 0 Å². The molecule has 5 heteroatoms. The van der Waals surface area contributed by atoms with Crippen LogP contribution in [0.5, 0.6) is 0 Å². The standard InChI is InChI=1S/C19H24ClN3O/c1-2-3-23-17(24)14-7-15(21-16(14)22-18(23)20)19-8-11-4-12(9-19)6-13(5-11)10-19/h11-13H,2-10H2,1H3. The molecule has 0 saturated heterocycles. The molecule has 0 unspecified atom stereocenters. The molecule has 0 amide bonds. The Labute approximate surface area is 147 Å². The van der Waals surface area contributed by atoms with Crippen molar-refractivity contribution >= 4 is 23.1 Å². The first-order chi connectivity index (χ1) is 11.6. The Morgan fingerprint density at radius 1 is 1.17 bits per heavy atom. The van der Waals surface area contributed by atoms with Gasteiger partial charge in [-0.2, -0.15) is 4.98 Å². The first-order valence-electron chi connectivity index (χ1n) is 9.45. The quantitative estimate of drug-likeness (QED) is 0.772. The number of halogens is 1. The van der Waals surface area contributed by atoms with Gasteiger partial charge in [-0.25, -0.2) is 4.99 Å². The lowest BCUT2D eigenvalue weighted by Gasteiger charge is -2.56. The average molecular weight is 346 g/mol. The van der Waals surface area contributed by atoms with Gasteiger partial charge in [-0.1, -0.05) is 6.92 Å². The summed E-state index contributed by atoms with van der Waals surface area (Å²) in [5, 5.41) is 0.288. The molecule has 2 heterocycles. The predicted molar refractivity (Wildman–Crippen MR) is 95.2 cm³/mol. The summed E-state index contributed by atoms with van der Waals surface area (Å²) in [6.45, 7) is 2.68.